The second-order valence-corrected chi connectivity index (χ2v) is 5.75. The SMILES string of the molecule is CS(=O)(=O)N(CC(=N)N)c1ccc(C(F)(F)F)cc1. The number of hydrogen-bond donors (Lipinski definition) is 2. The van der Waals surface area contributed by atoms with Gasteiger partial charge in [-0.05, 0) is 24.3 Å². The van der Waals surface area contributed by atoms with E-state index in [2.05, 4.69) is 0 Å². The molecule has 0 aromatic heterocycles. The summed E-state index contributed by atoms with van der Waals surface area (Å²) in [6.45, 7) is -0.413. The number of amidine groups is 1. The van der Waals surface area contributed by atoms with Gasteiger partial charge in [-0.1, -0.05) is 0 Å². The number of hydrogen-bond acceptors (Lipinski definition) is 3. The number of halogens is 3. The fourth-order valence-corrected chi connectivity index (χ4v) is 2.25. The molecule has 0 atom stereocenters. The average Bonchev–Trinajstić information content (AvgIpc) is 2.23. The van der Waals surface area contributed by atoms with Crippen LogP contribution in [0, 0.1) is 5.41 Å². The van der Waals surface area contributed by atoms with Crippen molar-refractivity contribution in [2.24, 2.45) is 5.73 Å². The van der Waals surface area contributed by atoms with E-state index in [9.17, 15) is 21.6 Å². The maximum atomic E-state index is 12.4. The molecule has 0 aliphatic rings. The lowest BCUT2D eigenvalue weighted by Crippen LogP contribution is -2.37. The standard InChI is InChI=1S/C10H12F3N3O2S/c1-19(17,18)16(6-9(14)15)8-4-2-7(3-5-8)10(11,12)13/h2-5H,6H2,1H3,(H3,14,15). The zero-order chi connectivity index (χ0) is 14.8. The van der Waals surface area contributed by atoms with Crippen molar-refractivity contribution in [2.75, 3.05) is 17.1 Å². The van der Waals surface area contributed by atoms with E-state index in [1.54, 1.807) is 0 Å². The van der Waals surface area contributed by atoms with Gasteiger partial charge in [-0.3, -0.25) is 9.71 Å². The molecular formula is C10H12F3N3O2S. The van der Waals surface area contributed by atoms with E-state index in [0.29, 0.717) is 0 Å². The van der Waals surface area contributed by atoms with Crippen LogP contribution in [0.3, 0.4) is 0 Å². The van der Waals surface area contributed by atoms with Crippen LogP contribution in [0.1, 0.15) is 5.56 Å². The molecule has 0 unspecified atom stereocenters. The van der Waals surface area contributed by atoms with Gasteiger partial charge in [0.1, 0.15) is 5.84 Å². The highest BCUT2D eigenvalue weighted by atomic mass is 32.2. The van der Waals surface area contributed by atoms with E-state index in [-0.39, 0.29) is 5.69 Å². The predicted molar refractivity (Wildman–Crippen MR) is 65.5 cm³/mol. The topological polar surface area (TPSA) is 87.2 Å². The summed E-state index contributed by atoms with van der Waals surface area (Å²) in [7, 11) is -3.73. The lowest BCUT2D eigenvalue weighted by atomic mass is 10.2. The highest BCUT2D eigenvalue weighted by molar-refractivity contribution is 7.92. The van der Waals surface area contributed by atoms with Crippen molar-refractivity contribution in [1.29, 1.82) is 5.41 Å². The summed E-state index contributed by atoms with van der Waals surface area (Å²) in [6, 6.07) is 3.58. The van der Waals surface area contributed by atoms with E-state index in [1.165, 1.54) is 0 Å². The van der Waals surface area contributed by atoms with Crippen molar-refractivity contribution in [3.63, 3.8) is 0 Å². The minimum absolute atomic E-state index is 0.0192. The summed E-state index contributed by atoms with van der Waals surface area (Å²) >= 11 is 0. The van der Waals surface area contributed by atoms with Crippen LogP contribution in [0.4, 0.5) is 18.9 Å². The van der Waals surface area contributed by atoms with Crippen LogP contribution in [-0.4, -0.2) is 27.1 Å². The molecule has 1 aromatic carbocycles. The van der Waals surface area contributed by atoms with Crippen molar-refractivity contribution in [3.05, 3.63) is 29.8 Å². The van der Waals surface area contributed by atoms with Crippen LogP contribution < -0.4 is 10.0 Å². The van der Waals surface area contributed by atoms with E-state index in [1.807, 2.05) is 0 Å². The van der Waals surface area contributed by atoms with Gasteiger partial charge in [0, 0.05) is 0 Å². The molecule has 0 amide bonds. The van der Waals surface area contributed by atoms with E-state index >= 15 is 0 Å². The summed E-state index contributed by atoms with van der Waals surface area (Å²) in [6.07, 6.45) is -3.61. The van der Waals surface area contributed by atoms with Crippen molar-refractivity contribution in [3.8, 4) is 0 Å². The summed E-state index contributed by atoms with van der Waals surface area (Å²) < 4.78 is 60.9. The number of anilines is 1. The molecule has 0 aliphatic carbocycles. The molecule has 5 nitrogen and oxygen atoms in total. The largest absolute Gasteiger partial charge is 0.416 e. The Morgan fingerprint density at radius 2 is 1.79 bits per heavy atom. The Hall–Kier alpha value is -1.77. The van der Waals surface area contributed by atoms with E-state index in [4.69, 9.17) is 11.1 Å². The Kier molecular flexibility index (Phi) is 4.09. The molecule has 0 heterocycles. The molecule has 3 N–H and O–H groups in total. The molecule has 19 heavy (non-hydrogen) atoms. The second-order valence-electron chi connectivity index (χ2n) is 3.84. The predicted octanol–water partition coefficient (Wildman–Crippen LogP) is 1.41. The Balaban J connectivity index is 3.15. The number of benzene rings is 1. The van der Waals surface area contributed by atoms with Gasteiger partial charge >= 0.3 is 6.18 Å². The van der Waals surface area contributed by atoms with Crippen molar-refractivity contribution >= 4 is 21.5 Å². The molecule has 0 spiro atoms. The minimum Gasteiger partial charge on any atom is -0.386 e. The van der Waals surface area contributed by atoms with Crippen molar-refractivity contribution < 1.29 is 21.6 Å². The Morgan fingerprint density at radius 3 is 2.11 bits per heavy atom. The highest BCUT2D eigenvalue weighted by Crippen LogP contribution is 2.30. The number of nitrogens with two attached hydrogens (primary N) is 1. The van der Waals surface area contributed by atoms with Gasteiger partial charge in [-0.2, -0.15) is 13.2 Å². The van der Waals surface area contributed by atoms with Crippen LogP contribution >= 0.6 is 0 Å². The maximum Gasteiger partial charge on any atom is 0.416 e. The molecule has 9 heteroatoms. The van der Waals surface area contributed by atoms with Gasteiger partial charge in [-0.15, -0.1) is 0 Å². The van der Waals surface area contributed by atoms with Crippen LogP contribution in [0.25, 0.3) is 0 Å². The van der Waals surface area contributed by atoms with Gasteiger partial charge < -0.3 is 5.73 Å². The first-order valence-corrected chi connectivity index (χ1v) is 6.84. The number of nitrogens with one attached hydrogen (secondary N) is 1. The molecule has 0 fully saturated rings. The third-order valence-corrected chi connectivity index (χ3v) is 3.34. The van der Waals surface area contributed by atoms with Gasteiger partial charge in [0.25, 0.3) is 0 Å². The lowest BCUT2D eigenvalue weighted by molar-refractivity contribution is -0.137. The smallest absolute Gasteiger partial charge is 0.386 e. The maximum absolute atomic E-state index is 12.4. The Morgan fingerprint density at radius 1 is 1.32 bits per heavy atom. The third kappa shape index (κ3) is 4.12. The van der Waals surface area contributed by atoms with Crippen molar-refractivity contribution in [1.82, 2.24) is 0 Å². The normalized spacial score (nSPS) is 12.2. The molecule has 1 rings (SSSR count). The summed E-state index contributed by atoms with van der Waals surface area (Å²) in [5, 5.41) is 7.09. The van der Waals surface area contributed by atoms with Gasteiger partial charge in [-0.25, -0.2) is 8.42 Å². The molecule has 106 valence electrons. The van der Waals surface area contributed by atoms with Crippen molar-refractivity contribution in [2.45, 2.75) is 6.18 Å². The molecular weight excluding hydrogens is 283 g/mol. The molecule has 0 radical (unpaired) electrons. The molecule has 1 aromatic rings. The summed E-state index contributed by atoms with van der Waals surface area (Å²) in [5.74, 6) is -0.412. The van der Waals surface area contributed by atoms with Gasteiger partial charge in [0.15, 0.2) is 0 Å². The summed E-state index contributed by atoms with van der Waals surface area (Å²) in [5.41, 5.74) is 4.26. The van der Waals surface area contributed by atoms with E-state index < -0.39 is 34.1 Å². The first kappa shape index (κ1) is 15.3. The van der Waals surface area contributed by atoms with E-state index in [0.717, 1.165) is 34.8 Å². The second kappa shape index (κ2) is 5.08. The Labute approximate surface area is 108 Å². The van der Waals surface area contributed by atoms with Gasteiger partial charge in [0.2, 0.25) is 10.0 Å². The number of nitrogens with zero attached hydrogens (tertiary/aromatic N) is 1. The monoisotopic (exact) mass is 295 g/mol. The van der Waals surface area contributed by atoms with Crippen LogP contribution in [0.5, 0.6) is 0 Å². The minimum atomic E-state index is -4.49. The number of alkyl halides is 3. The fourth-order valence-electron chi connectivity index (χ4n) is 1.37. The van der Waals surface area contributed by atoms with Crippen LogP contribution in [-0.2, 0) is 16.2 Å². The number of sulfonamides is 1. The molecule has 0 aliphatic heterocycles. The number of rotatable bonds is 4. The molecule has 0 bridgehead atoms. The molecule has 0 saturated carbocycles. The third-order valence-electron chi connectivity index (χ3n) is 2.20. The summed E-state index contributed by atoms with van der Waals surface area (Å²) in [4.78, 5) is 0. The highest BCUT2D eigenvalue weighted by Gasteiger charge is 2.30. The molecule has 0 saturated heterocycles. The zero-order valence-corrected chi connectivity index (χ0v) is 10.7. The van der Waals surface area contributed by atoms with Crippen LogP contribution in [0.15, 0.2) is 24.3 Å². The van der Waals surface area contributed by atoms with Gasteiger partial charge in [0.05, 0.1) is 24.1 Å². The zero-order valence-electron chi connectivity index (χ0n) is 9.90. The first-order valence-electron chi connectivity index (χ1n) is 4.99. The fraction of sp³-hybridized carbons (Fsp3) is 0.300. The lowest BCUT2D eigenvalue weighted by Gasteiger charge is -2.22. The quantitative estimate of drug-likeness (QED) is 0.650. The van der Waals surface area contributed by atoms with Crippen LogP contribution in [0.2, 0.25) is 0 Å². The Bertz CT molecular complexity index is 567. The first-order chi connectivity index (χ1) is 8.51. The average molecular weight is 295 g/mol.